The Labute approximate surface area is 216 Å². The van der Waals surface area contributed by atoms with Crippen LogP contribution in [0.15, 0.2) is 42.5 Å². The summed E-state index contributed by atoms with van der Waals surface area (Å²) >= 11 is 0. The molecule has 2 aromatic rings. The maximum atomic E-state index is 11.9. The smallest absolute Gasteiger partial charge is 0.306 e. The minimum absolute atomic E-state index is 0.0770. The summed E-state index contributed by atoms with van der Waals surface area (Å²) < 4.78 is 16.7. The third-order valence-electron chi connectivity index (χ3n) is 7.00. The zero-order chi connectivity index (χ0) is 26.1. The lowest BCUT2D eigenvalue weighted by Gasteiger charge is -2.31. The summed E-state index contributed by atoms with van der Waals surface area (Å²) in [4.78, 5) is 11.9. The first-order valence-corrected chi connectivity index (χ1v) is 13.1. The van der Waals surface area contributed by atoms with Crippen LogP contribution in [0.3, 0.4) is 0 Å². The van der Waals surface area contributed by atoms with E-state index in [-0.39, 0.29) is 30.6 Å². The van der Waals surface area contributed by atoms with Crippen LogP contribution in [-0.2, 0) is 33.5 Å². The van der Waals surface area contributed by atoms with Crippen molar-refractivity contribution >= 4 is 5.97 Å². The number of β-amino-alcohol motifs (C(OH)–C–C–N with tert-alkyl or cyclic N) is 1. The third-order valence-corrected chi connectivity index (χ3v) is 7.00. The molecule has 0 heterocycles. The number of aliphatic hydroxyl groups excluding tert-OH is 1. The van der Waals surface area contributed by atoms with Crippen molar-refractivity contribution < 1.29 is 24.1 Å². The lowest BCUT2D eigenvalue weighted by molar-refractivity contribution is -0.143. The van der Waals surface area contributed by atoms with Crippen LogP contribution in [0.25, 0.3) is 0 Å². The molecule has 0 spiro atoms. The maximum Gasteiger partial charge on any atom is 0.306 e. The molecule has 1 aliphatic rings. The summed E-state index contributed by atoms with van der Waals surface area (Å²) in [6.45, 7) is 9.23. The van der Waals surface area contributed by atoms with E-state index in [1.165, 1.54) is 11.1 Å². The number of ether oxygens (including phenoxy) is 3. The van der Waals surface area contributed by atoms with Crippen molar-refractivity contribution in [3.63, 3.8) is 0 Å². The quantitative estimate of drug-likeness (QED) is 0.365. The molecule has 2 N–H and O–H groups in total. The molecular formula is C30H43NO5. The normalized spacial score (nSPS) is 15.4. The van der Waals surface area contributed by atoms with Crippen molar-refractivity contribution in [3.8, 4) is 5.75 Å². The number of carbonyl (C=O) groups is 1. The van der Waals surface area contributed by atoms with E-state index in [0.717, 1.165) is 36.1 Å². The molecule has 0 amide bonds. The van der Waals surface area contributed by atoms with Gasteiger partial charge in [-0.15, -0.1) is 0 Å². The fourth-order valence-electron chi connectivity index (χ4n) is 5.27. The maximum absolute atomic E-state index is 11.9. The summed E-state index contributed by atoms with van der Waals surface area (Å²) in [5.74, 6) is 1.12. The summed E-state index contributed by atoms with van der Waals surface area (Å²) in [6, 6.07) is 14.5. The first-order valence-electron chi connectivity index (χ1n) is 13.1. The van der Waals surface area contributed by atoms with Crippen LogP contribution in [0.5, 0.6) is 5.75 Å². The number of benzene rings is 2. The monoisotopic (exact) mass is 497 g/mol. The van der Waals surface area contributed by atoms with Crippen LogP contribution < -0.4 is 10.1 Å². The van der Waals surface area contributed by atoms with Gasteiger partial charge in [-0.1, -0.05) is 36.4 Å². The molecule has 0 radical (unpaired) electrons. The van der Waals surface area contributed by atoms with Gasteiger partial charge in [0.25, 0.3) is 0 Å². The van der Waals surface area contributed by atoms with Crippen molar-refractivity contribution in [1.29, 1.82) is 0 Å². The zero-order valence-electron chi connectivity index (χ0n) is 22.5. The van der Waals surface area contributed by atoms with Crippen LogP contribution >= 0.6 is 0 Å². The molecule has 0 aromatic heterocycles. The van der Waals surface area contributed by atoms with E-state index in [4.69, 9.17) is 14.2 Å². The Morgan fingerprint density at radius 1 is 1.14 bits per heavy atom. The van der Waals surface area contributed by atoms with Gasteiger partial charge in [-0.25, -0.2) is 0 Å². The molecule has 0 saturated heterocycles. The summed E-state index contributed by atoms with van der Waals surface area (Å²) in [5, 5.41) is 14.2. The van der Waals surface area contributed by atoms with E-state index in [1.54, 1.807) is 14.0 Å². The lowest BCUT2D eigenvalue weighted by Crippen LogP contribution is -2.45. The van der Waals surface area contributed by atoms with Crippen molar-refractivity contribution in [3.05, 3.63) is 64.7 Å². The molecule has 0 saturated carbocycles. The summed E-state index contributed by atoms with van der Waals surface area (Å²) in [6.07, 6.45) is 3.22. The van der Waals surface area contributed by atoms with E-state index >= 15 is 0 Å². The van der Waals surface area contributed by atoms with Gasteiger partial charge >= 0.3 is 5.97 Å². The molecule has 0 bridgehead atoms. The van der Waals surface area contributed by atoms with Gasteiger partial charge in [0.1, 0.15) is 5.75 Å². The molecule has 36 heavy (non-hydrogen) atoms. The lowest BCUT2D eigenvalue weighted by atomic mass is 9.88. The highest BCUT2D eigenvalue weighted by Gasteiger charge is 2.28. The topological polar surface area (TPSA) is 77.0 Å². The SMILES string of the molecule is CCOC(=O)CCc1c(OC)cccc1C(C)OC[C@H](O)CNC(C)(C)CC1Cc2ccccc2C1. The molecule has 6 heteroatoms. The van der Waals surface area contributed by atoms with Crippen LogP contribution in [0.1, 0.15) is 68.9 Å². The number of esters is 1. The van der Waals surface area contributed by atoms with Gasteiger partial charge in [0.15, 0.2) is 0 Å². The highest BCUT2D eigenvalue weighted by molar-refractivity contribution is 5.70. The van der Waals surface area contributed by atoms with Gasteiger partial charge in [0.2, 0.25) is 0 Å². The highest BCUT2D eigenvalue weighted by Crippen LogP contribution is 2.32. The second-order valence-corrected chi connectivity index (χ2v) is 10.5. The predicted octanol–water partition coefficient (Wildman–Crippen LogP) is 4.80. The van der Waals surface area contributed by atoms with Crippen molar-refractivity contribution in [2.24, 2.45) is 5.92 Å². The number of rotatable bonds is 14. The molecule has 6 nitrogen and oxygen atoms in total. The minimum atomic E-state index is -0.624. The Morgan fingerprint density at radius 3 is 2.47 bits per heavy atom. The van der Waals surface area contributed by atoms with Gasteiger partial charge in [0, 0.05) is 24.1 Å². The number of hydrogen-bond donors (Lipinski definition) is 2. The first-order chi connectivity index (χ1) is 17.2. The Balaban J connectivity index is 1.48. The van der Waals surface area contributed by atoms with Gasteiger partial charge < -0.3 is 24.6 Å². The van der Waals surface area contributed by atoms with E-state index < -0.39 is 6.10 Å². The zero-order valence-corrected chi connectivity index (χ0v) is 22.5. The van der Waals surface area contributed by atoms with Gasteiger partial charge in [-0.2, -0.15) is 0 Å². The van der Waals surface area contributed by atoms with Crippen LogP contribution in [0.2, 0.25) is 0 Å². The van der Waals surface area contributed by atoms with Gasteiger partial charge in [0.05, 0.1) is 32.5 Å². The minimum Gasteiger partial charge on any atom is -0.496 e. The highest BCUT2D eigenvalue weighted by atomic mass is 16.5. The number of nitrogens with one attached hydrogen (secondary N) is 1. The summed E-state index contributed by atoms with van der Waals surface area (Å²) in [7, 11) is 1.62. The molecular weight excluding hydrogens is 454 g/mol. The third kappa shape index (κ3) is 8.05. The van der Waals surface area contributed by atoms with Crippen LogP contribution in [0.4, 0.5) is 0 Å². The van der Waals surface area contributed by atoms with Crippen LogP contribution in [-0.4, -0.2) is 49.6 Å². The molecule has 3 rings (SSSR count). The fraction of sp³-hybridized carbons (Fsp3) is 0.567. The molecule has 1 aliphatic carbocycles. The summed E-state index contributed by atoms with van der Waals surface area (Å²) in [5.41, 5.74) is 4.76. The Bertz CT molecular complexity index is 964. The van der Waals surface area contributed by atoms with Crippen molar-refractivity contribution in [2.75, 3.05) is 26.9 Å². The Hall–Kier alpha value is -2.41. The Kier molecular flexibility index (Phi) is 10.3. The van der Waals surface area contributed by atoms with Crippen LogP contribution in [0, 0.1) is 5.92 Å². The fourth-order valence-corrected chi connectivity index (χ4v) is 5.27. The van der Waals surface area contributed by atoms with Gasteiger partial charge in [-0.3, -0.25) is 4.79 Å². The second-order valence-electron chi connectivity index (χ2n) is 10.5. The molecule has 0 fully saturated rings. The number of carbonyl (C=O) groups excluding carboxylic acids is 1. The number of methoxy groups -OCH3 is 1. The van der Waals surface area contributed by atoms with E-state index in [0.29, 0.717) is 25.5 Å². The predicted molar refractivity (Wildman–Crippen MR) is 142 cm³/mol. The average Bonchev–Trinajstić information content (AvgIpc) is 3.26. The van der Waals surface area contributed by atoms with Gasteiger partial charge in [-0.05, 0) is 82.1 Å². The largest absolute Gasteiger partial charge is 0.496 e. The van der Waals surface area contributed by atoms with E-state index in [2.05, 4.69) is 43.4 Å². The number of fused-ring (bicyclic) bond motifs is 1. The average molecular weight is 498 g/mol. The number of aliphatic hydroxyl groups is 1. The molecule has 0 aliphatic heterocycles. The van der Waals surface area contributed by atoms with Crippen molar-refractivity contribution in [2.45, 2.75) is 77.5 Å². The molecule has 2 atom stereocenters. The van der Waals surface area contributed by atoms with Crippen molar-refractivity contribution in [1.82, 2.24) is 5.32 Å². The number of hydrogen-bond acceptors (Lipinski definition) is 6. The van der Waals surface area contributed by atoms with E-state index in [9.17, 15) is 9.90 Å². The molecule has 198 valence electrons. The first kappa shape index (κ1) is 28.2. The van der Waals surface area contributed by atoms with E-state index in [1.807, 2.05) is 25.1 Å². The standard InChI is InChI=1S/C30H43NO5/c1-6-35-29(33)15-14-27-26(12-9-13-28(27)34-5)21(2)36-20-25(32)19-31-30(3,4)18-22-16-23-10-7-8-11-24(23)17-22/h7-13,21-22,25,31-32H,6,14-20H2,1-5H3/t21?,25-/m1/s1. The Morgan fingerprint density at radius 2 is 1.83 bits per heavy atom. The molecule has 2 aromatic carbocycles. The molecule has 1 unspecified atom stereocenters. The second kappa shape index (κ2) is 13.2.